The highest BCUT2D eigenvalue weighted by molar-refractivity contribution is 4.97. The van der Waals surface area contributed by atoms with Gasteiger partial charge in [-0.3, -0.25) is 0 Å². The Morgan fingerprint density at radius 3 is 2.79 bits per heavy atom. The summed E-state index contributed by atoms with van der Waals surface area (Å²) in [5.41, 5.74) is 0. The number of hydrogen-bond acceptors (Lipinski definition) is 2. The van der Waals surface area contributed by atoms with Crippen LogP contribution in [0.15, 0.2) is 0 Å². The molecule has 0 bridgehead atoms. The smallest absolute Gasteiger partial charge is 0.0667 e. The van der Waals surface area contributed by atoms with Gasteiger partial charge in [0.2, 0.25) is 0 Å². The monoisotopic (exact) mass is 195 g/mol. The van der Waals surface area contributed by atoms with E-state index in [0.717, 1.165) is 12.3 Å². The predicted molar refractivity (Wildman–Crippen MR) is 58.9 cm³/mol. The quantitative estimate of drug-likeness (QED) is 0.515. The number of nitrogens with one attached hydrogen (secondary N) is 1. The molecular formula is C12H21NO. The SMILES string of the molecule is CC#CCNCC(O)CC1CCCC1. The van der Waals surface area contributed by atoms with Crippen LogP contribution in [0.1, 0.15) is 39.0 Å². The fourth-order valence-electron chi connectivity index (χ4n) is 2.10. The normalized spacial score (nSPS) is 19.0. The fourth-order valence-corrected chi connectivity index (χ4v) is 2.10. The first kappa shape index (κ1) is 11.6. The zero-order valence-electron chi connectivity index (χ0n) is 9.05. The van der Waals surface area contributed by atoms with Crippen molar-refractivity contribution >= 4 is 0 Å². The molecule has 14 heavy (non-hydrogen) atoms. The van der Waals surface area contributed by atoms with Gasteiger partial charge >= 0.3 is 0 Å². The fraction of sp³-hybridized carbons (Fsp3) is 0.833. The van der Waals surface area contributed by atoms with E-state index in [4.69, 9.17) is 0 Å². The van der Waals surface area contributed by atoms with E-state index in [-0.39, 0.29) is 6.10 Å². The second-order valence-electron chi connectivity index (χ2n) is 4.10. The summed E-state index contributed by atoms with van der Waals surface area (Å²) >= 11 is 0. The maximum atomic E-state index is 9.70. The first-order valence-corrected chi connectivity index (χ1v) is 5.61. The van der Waals surface area contributed by atoms with Crippen LogP contribution in [0.4, 0.5) is 0 Å². The minimum absolute atomic E-state index is 0.184. The van der Waals surface area contributed by atoms with E-state index in [0.29, 0.717) is 13.1 Å². The molecule has 2 nitrogen and oxygen atoms in total. The molecule has 0 amide bonds. The molecule has 80 valence electrons. The van der Waals surface area contributed by atoms with Crippen molar-refractivity contribution in [2.75, 3.05) is 13.1 Å². The minimum atomic E-state index is -0.184. The Morgan fingerprint density at radius 2 is 2.14 bits per heavy atom. The van der Waals surface area contributed by atoms with Crippen LogP contribution in [0.25, 0.3) is 0 Å². The number of rotatable bonds is 5. The van der Waals surface area contributed by atoms with Crippen LogP contribution in [0.5, 0.6) is 0 Å². The Morgan fingerprint density at radius 1 is 1.43 bits per heavy atom. The molecule has 1 aliphatic carbocycles. The molecule has 0 aliphatic heterocycles. The van der Waals surface area contributed by atoms with Crippen LogP contribution in [-0.2, 0) is 0 Å². The Labute approximate surface area is 87.1 Å². The van der Waals surface area contributed by atoms with Crippen molar-refractivity contribution in [1.82, 2.24) is 5.32 Å². The average molecular weight is 195 g/mol. The van der Waals surface area contributed by atoms with Gasteiger partial charge in [-0.15, -0.1) is 5.92 Å². The van der Waals surface area contributed by atoms with Crippen LogP contribution < -0.4 is 5.32 Å². The molecule has 0 spiro atoms. The van der Waals surface area contributed by atoms with E-state index in [1.165, 1.54) is 25.7 Å². The molecule has 1 saturated carbocycles. The van der Waals surface area contributed by atoms with Crippen LogP contribution in [0.3, 0.4) is 0 Å². The van der Waals surface area contributed by atoms with Gasteiger partial charge in [0.25, 0.3) is 0 Å². The maximum Gasteiger partial charge on any atom is 0.0667 e. The topological polar surface area (TPSA) is 32.3 Å². The van der Waals surface area contributed by atoms with Crippen molar-refractivity contribution < 1.29 is 5.11 Å². The van der Waals surface area contributed by atoms with Crippen molar-refractivity contribution in [2.24, 2.45) is 5.92 Å². The van der Waals surface area contributed by atoms with Crippen molar-refractivity contribution in [1.29, 1.82) is 0 Å². The second kappa shape index (κ2) is 6.86. The summed E-state index contributed by atoms with van der Waals surface area (Å²) in [6.07, 6.45) is 6.11. The zero-order chi connectivity index (χ0) is 10.2. The molecule has 2 heteroatoms. The molecule has 0 aromatic rings. The van der Waals surface area contributed by atoms with Crippen LogP contribution in [0.2, 0.25) is 0 Å². The van der Waals surface area contributed by atoms with E-state index in [9.17, 15) is 5.11 Å². The predicted octanol–water partition coefficient (Wildman–Crippen LogP) is 1.54. The summed E-state index contributed by atoms with van der Waals surface area (Å²) in [7, 11) is 0. The molecular weight excluding hydrogens is 174 g/mol. The molecule has 1 unspecified atom stereocenters. The van der Waals surface area contributed by atoms with Crippen LogP contribution in [0, 0.1) is 17.8 Å². The highest BCUT2D eigenvalue weighted by Crippen LogP contribution is 2.28. The second-order valence-corrected chi connectivity index (χ2v) is 4.10. The van der Waals surface area contributed by atoms with Gasteiger partial charge in [0.15, 0.2) is 0 Å². The van der Waals surface area contributed by atoms with Gasteiger partial charge < -0.3 is 10.4 Å². The summed E-state index contributed by atoms with van der Waals surface area (Å²) in [5.74, 6) is 6.51. The number of aliphatic hydroxyl groups is 1. The van der Waals surface area contributed by atoms with Gasteiger partial charge in [0.05, 0.1) is 12.6 Å². The Bertz CT molecular complexity index is 198. The van der Waals surface area contributed by atoms with Crippen LogP contribution >= 0.6 is 0 Å². The molecule has 0 radical (unpaired) electrons. The standard InChI is InChI=1S/C12H21NO/c1-2-3-8-13-10-12(14)9-11-6-4-5-7-11/h11-14H,4-10H2,1H3. The van der Waals surface area contributed by atoms with Crippen molar-refractivity contribution in [3.8, 4) is 11.8 Å². The highest BCUT2D eigenvalue weighted by atomic mass is 16.3. The van der Waals surface area contributed by atoms with Crippen LogP contribution in [-0.4, -0.2) is 24.3 Å². The lowest BCUT2D eigenvalue weighted by molar-refractivity contribution is 0.142. The average Bonchev–Trinajstić information content (AvgIpc) is 2.65. The summed E-state index contributed by atoms with van der Waals surface area (Å²) in [6, 6.07) is 0. The van der Waals surface area contributed by atoms with Crippen molar-refractivity contribution in [2.45, 2.75) is 45.1 Å². The van der Waals surface area contributed by atoms with Gasteiger partial charge in [0.1, 0.15) is 0 Å². The molecule has 0 heterocycles. The van der Waals surface area contributed by atoms with E-state index in [1.54, 1.807) is 0 Å². The molecule has 2 N–H and O–H groups in total. The van der Waals surface area contributed by atoms with Crippen molar-refractivity contribution in [3.63, 3.8) is 0 Å². The van der Waals surface area contributed by atoms with E-state index in [1.807, 2.05) is 6.92 Å². The van der Waals surface area contributed by atoms with Crippen molar-refractivity contribution in [3.05, 3.63) is 0 Å². The third kappa shape index (κ3) is 4.64. The number of hydrogen-bond donors (Lipinski definition) is 2. The van der Waals surface area contributed by atoms with E-state index in [2.05, 4.69) is 17.2 Å². The molecule has 1 fully saturated rings. The van der Waals surface area contributed by atoms with Gasteiger partial charge in [-0.25, -0.2) is 0 Å². The lowest BCUT2D eigenvalue weighted by Gasteiger charge is -2.14. The molecule has 1 aliphatic rings. The Balaban J connectivity index is 2.02. The third-order valence-electron chi connectivity index (χ3n) is 2.85. The first-order chi connectivity index (χ1) is 6.83. The lowest BCUT2D eigenvalue weighted by atomic mass is 10.0. The van der Waals surface area contributed by atoms with Gasteiger partial charge in [-0.2, -0.15) is 0 Å². The lowest BCUT2D eigenvalue weighted by Crippen LogP contribution is -2.28. The molecule has 0 aromatic heterocycles. The van der Waals surface area contributed by atoms with Gasteiger partial charge in [-0.1, -0.05) is 31.6 Å². The number of aliphatic hydroxyl groups excluding tert-OH is 1. The molecule has 0 aromatic carbocycles. The molecule has 1 rings (SSSR count). The van der Waals surface area contributed by atoms with E-state index < -0.39 is 0 Å². The summed E-state index contributed by atoms with van der Waals surface area (Å²) < 4.78 is 0. The molecule has 0 saturated heterocycles. The Kier molecular flexibility index (Phi) is 5.66. The summed E-state index contributed by atoms with van der Waals surface area (Å²) in [4.78, 5) is 0. The Hall–Kier alpha value is -0.520. The highest BCUT2D eigenvalue weighted by Gasteiger charge is 2.18. The largest absolute Gasteiger partial charge is 0.392 e. The van der Waals surface area contributed by atoms with E-state index >= 15 is 0 Å². The first-order valence-electron chi connectivity index (χ1n) is 5.61. The zero-order valence-corrected chi connectivity index (χ0v) is 9.05. The maximum absolute atomic E-state index is 9.70. The minimum Gasteiger partial charge on any atom is -0.392 e. The van der Waals surface area contributed by atoms with Gasteiger partial charge in [0, 0.05) is 6.54 Å². The van der Waals surface area contributed by atoms with Gasteiger partial charge in [-0.05, 0) is 19.3 Å². The summed E-state index contributed by atoms with van der Waals surface area (Å²) in [6.45, 7) is 3.21. The third-order valence-corrected chi connectivity index (χ3v) is 2.85. The molecule has 1 atom stereocenters. The summed E-state index contributed by atoms with van der Waals surface area (Å²) in [5, 5.41) is 12.8.